The Morgan fingerprint density at radius 2 is 1.32 bits per heavy atom. The molecule has 0 aliphatic heterocycles. The molecule has 4 aromatic rings. The minimum absolute atomic E-state index is 0.0325. The lowest BCUT2D eigenvalue weighted by Crippen LogP contribution is -2.03. The van der Waals surface area contributed by atoms with Crippen molar-refractivity contribution in [3.8, 4) is 12.1 Å². The summed E-state index contributed by atoms with van der Waals surface area (Å²) in [6.45, 7) is 0.806. The van der Waals surface area contributed by atoms with Gasteiger partial charge >= 0.3 is 5.82 Å². The van der Waals surface area contributed by atoms with E-state index in [1.807, 2.05) is 72.8 Å². The topological polar surface area (TPSA) is 122 Å². The molecule has 0 saturated heterocycles. The SMILES string of the molecule is N#Cc1c(N=[N+]([O-])c2ncn(Cc3ccccc3)c2C#N)ncn1Cc1ccccc1. The van der Waals surface area contributed by atoms with Gasteiger partial charge in [-0.25, -0.2) is 4.98 Å². The third-order valence-electron chi connectivity index (χ3n) is 4.61. The van der Waals surface area contributed by atoms with Gasteiger partial charge in [0.1, 0.15) is 12.1 Å². The Morgan fingerprint density at radius 1 is 0.806 bits per heavy atom. The Hall–Kier alpha value is -4.76. The molecule has 0 unspecified atom stereocenters. The molecule has 0 aliphatic carbocycles. The summed E-state index contributed by atoms with van der Waals surface area (Å²) in [5.74, 6) is -0.185. The summed E-state index contributed by atoms with van der Waals surface area (Å²) in [5, 5.41) is 35.7. The zero-order valence-electron chi connectivity index (χ0n) is 16.3. The van der Waals surface area contributed by atoms with Crippen molar-refractivity contribution < 1.29 is 4.86 Å². The van der Waals surface area contributed by atoms with E-state index in [-0.39, 0.29) is 27.9 Å². The maximum atomic E-state index is 12.7. The van der Waals surface area contributed by atoms with Crippen LogP contribution in [0.5, 0.6) is 0 Å². The van der Waals surface area contributed by atoms with Crippen LogP contribution in [0.25, 0.3) is 0 Å². The van der Waals surface area contributed by atoms with Gasteiger partial charge in [0.2, 0.25) is 17.8 Å². The fraction of sp³-hybridized carbons (Fsp3) is 0.0909. The van der Waals surface area contributed by atoms with Gasteiger partial charge in [0, 0.05) is 6.54 Å². The largest absolute Gasteiger partial charge is 0.690 e. The van der Waals surface area contributed by atoms with Crippen molar-refractivity contribution >= 4 is 11.6 Å². The second kappa shape index (κ2) is 8.72. The highest BCUT2D eigenvalue weighted by molar-refractivity contribution is 5.44. The van der Waals surface area contributed by atoms with Gasteiger partial charge < -0.3 is 9.77 Å². The van der Waals surface area contributed by atoms with Crippen LogP contribution in [-0.2, 0) is 13.1 Å². The molecule has 0 atom stereocenters. The Morgan fingerprint density at radius 3 is 1.87 bits per heavy atom. The fourth-order valence-corrected chi connectivity index (χ4v) is 3.12. The van der Waals surface area contributed by atoms with Crippen LogP contribution in [0.1, 0.15) is 22.5 Å². The van der Waals surface area contributed by atoms with Gasteiger partial charge in [0.25, 0.3) is 0 Å². The minimum Gasteiger partial charge on any atom is -0.690 e. The molecule has 0 amide bonds. The predicted octanol–water partition coefficient (Wildman–Crippen LogP) is 3.85. The van der Waals surface area contributed by atoms with Crippen molar-refractivity contribution in [2.45, 2.75) is 13.1 Å². The first-order valence-electron chi connectivity index (χ1n) is 9.37. The molecule has 31 heavy (non-hydrogen) atoms. The number of rotatable bonds is 6. The van der Waals surface area contributed by atoms with Crippen molar-refractivity contribution in [3.63, 3.8) is 0 Å². The number of azo groups is 1. The standard InChI is InChI=1S/C22H16N8O/c23-11-19-21(25-15-28(19)13-17-7-3-1-4-8-17)27-30(31)22-20(12-24)29(16-26-22)14-18-9-5-2-6-10-18/h1-10,15-16H,13-14H2. The zero-order chi connectivity index (χ0) is 21.6. The highest BCUT2D eigenvalue weighted by atomic mass is 16.5. The summed E-state index contributed by atoms with van der Waals surface area (Å²) in [7, 11) is 0. The van der Waals surface area contributed by atoms with Crippen LogP contribution in [0.2, 0.25) is 0 Å². The van der Waals surface area contributed by atoms with E-state index in [1.54, 1.807) is 9.13 Å². The Labute approximate surface area is 178 Å². The van der Waals surface area contributed by atoms with Crippen LogP contribution in [0, 0.1) is 27.9 Å². The number of nitriles is 2. The van der Waals surface area contributed by atoms with Crippen molar-refractivity contribution in [1.29, 1.82) is 10.5 Å². The van der Waals surface area contributed by atoms with Crippen molar-refractivity contribution in [1.82, 2.24) is 19.1 Å². The van der Waals surface area contributed by atoms with Crippen LogP contribution < -0.4 is 0 Å². The number of hydrogen-bond acceptors (Lipinski definition) is 6. The van der Waals surface area contributed by atoms with E-state index in [0.717, 1.165) is 11.1 Å². The first-order valence-corrected chi connectivity index (χ1v) is 9.37. The summed E-state index contributed by atoms with van der Waals surface area (Å²) >= 11 is 0. The molecule has 0 N–H and O–H groups in total. The van der Waals surface area contributed by atoms with E-state index in [9.17, 15) is 15.7 Å². The third-order valence-corrected chi connectivity index (χ3v) is 4.61. The zero-order valence-corrected chi connectivity index (χ0v) is 16.3. The molecule has 2 aromatic carbocycles. The van der Waals surface area contributed by atoms with Crippen LogP contribution >= 0.6 is 0 Å². The molecule has 150 valence electrons. The van der Waals surface area contributed by atoms with E-state index >= 15 is 0 Å². The second-order valence-electron chi connectivity index (χ2n) is 6.66. The molecule has 0 fully saturated rings. The maximum Gasteiger partial charge on any atom is 0.383 e. The van der Waals surface area contributed by atoms with Crippen molar-refractivity contribution in [2.75, 3.05) is 0 Å². The average Bonchev–Trinajstić information content (AvgIpc) is 3.38. The Bertz CT molecular complexity index is 1310. The predicted molar refractivity (Wildman–Crippen MR) is 110 cm³/mol. The van der Waals surface area contributed by atoms with E-state index in [1.165, 1.54) is 12.7 Å². The van der Waals surface area contributed by atoms with E-state index in [4.69, 9.17) is 0 Å². The molecule has 9 nitrogen and oxygen atoms in total. The van der Waals surface area contributed by atoms with Gasteiger partial charge in [-0.1, -0.05) is 65.8 Å². The highest BCUT2D eigenvalue weighted by Gasteiger charge is 2.22. The van der Waals surface area contributed by atoms with Crippen molar-refractivity contribution in [3.05, 3.63) is 101 Å². The van der Waals surface area contributed by atoms with Crippen LogP contribution in [0.4, 0.5) is 11.6 Å². The lowest BCUT2D eigenvalue weighted by atomic mass is 10.2. The van der Waals surface area contributed by atoms with E-state index in [2.05, 4.69) is 15.1 Å². The first-order chi connectivity index (χ1) is 15.2. The second-order valence-corrected chi connectivity index (χ2v) is 6.66. The number of imidazole rings is 2. The summed E-state index contributed by atoms with van der Waals surface area (Å²) in [5.41, 5.74) is 2.16. The van der Waals surface area contributed by atoms with Gasteiger partial charge in [0.15, 0.2) is 5.69 Å². The van der Waals surface area contributed by atoms with E-state index in [0.29, 0.717) is 13.1 Å². The molecule has 0 radical (unpaired) electrons. The van der Waals surface area contributed by atoms with Crippen LogP contribution in [0.15, 0.2) is 78.4 Å². The highest BCUT2D eigenvalue weighted by Crippen LogP contribution is 2.22. The van der Waals surface area contributed by atoms with Crippen LogP contribution in [-0.4, -0.2) is 24.0 Å². The summed E-state index contributed by atoms with van der Waals surface area (Å²) < 4.78 is 3.19. The van der Waals surface area contributed by atoms with Gasteiger partial charge in [-0.3, -0.25) is 4.57 Å². The first kappa shape index (κ1) is 19.6. The fourth-order valence-electron chi connectivity index (χ4n) is 3.12. The normalized spacial score (nSPS) is 11.1. The summed E-state index contributed by atoms with van der Waals surface area (Å²) in [6.07, 6.45) is 2.87. The molecule has 0 aliphatic rings. The van der Waals surface area contributed by atoms with Crippen molar-refractivity contribution in [2.24, 2.45) is 5.11 Å². The molecule has 0 bridgehead atoms. The number of nitrogens with zero attached hydrogens (tertiary/aromatic N) is 8. The van der Waals surface area contributed by atoms with Gasteiger partial charge in [-0.05, 0) is 16.1 Å². The van der Waals surface area contributed by atoms with Gasteiger partial charge in [0.05, 0.1) is 12.9 Å². The molecule has 2 aromatic heterocycles. The smallest absolute Gasteiger partial charge is 0.383 e. The summed E-state index contributed by atoms with van der Waals surface area (Å²) in [6, 6.07) is 23.1. The Balaban J connectivity index is 1.63. The molecule has 0 saturated carbocycles. The molecule has 4 rings (SSSR count). The molecular formula is C22H16N8O. The Kier molecular flexibility index (Phi) is 5.50. The molecule has 0 spiro atoms. The molecular weight excluding hydrogens is 392 g/mol. The maximum absolute atomic E-state index is 12.7. The average molecular weight is 408 g/mol. The minimum atomic E-state index is -0.153. The third kappa shape index (κ3) is 4.16. The number of benzene rings is 2. The van der Waals surface area contributed by atoms with E-state index < -0.39 is 0 Å². The van der Waals surface area contributed by atoms with Gasteiger partial charge in [-0.2, -0.15) is 10.5 Å². The number of hydrogen-bond donors (Lipinski definition) is 0. The van der Waals surface area contributed by atoms with Gasteiger partial charge in [-0.15, -0.1) is 4.86 Å². The molecule has 2 heterocycles. The van der Waals surface area contributed by atoms with Crippen LogP contribution in [0.3, 0.4) is 0 Å². The number of aromatic nitrogens is 4. The summed E-state index contributed by atoms with van der Waals surface area (Å²) in [4.78, 5) is 8.38. The monoisotopic (exact) mass is 408 g/mol. The lowest BCUT2D eigenvalue weighted by Gasteiger charge is -2.05. The lowest BCUT2D eigenvalue weighted by molar-refractivity contribution is -0.440. The molecule has 9 heteroatoms. The quantitative estimate of drug-likeness (QED) is 0.272.